The number of thiophene rings is 1. The maximum Gasteiger partial charge on any atom is 0.253 e. The van der Waals surface area contributed by atoms with E-state index in [0.29, 0.717) is 12.1 Å². The molecule has 0 bridgehead atoms. The minimum Gasteiger partial charge on any atom is -0.352 e. The van der Waals surface area contributed by atoms with Gasteiger partial charge in [-0.3, -0.25) is 9.89 Å². The van der Waals surface area contributed by atoms with Crippen molar-refractivity contribution in [3.63, 3.8) is 0 Å². The first-order valence-corrected chi connectivity index (χ1v) is 6.95. The molecule has 1 amide bonds. The van der Waals surface area contributed by atoms with E-state index in [-0.39, 0.29) is 5.91 Å². The largest absolute Gasteiger partial charge is 0.352 e. The number of rotatable bonds is 4. The van der Waals surface area contributed by atoms with E-state index in [1.165, 1.54) is 4.88 Å². The van der Waals surface area contributed by atoms with E-state index in [4.69, 9.17) is 0 Å². The van der Waals surface area contributed by atoms with E-state index in [1.54, 1.807) is 23.6 Å². The summed E-state index contributed by atoms with van der Waals surface area (Å²) in [5, 5.41) is 12.8. The van der Waals surface area contributed by atoms with Gasteiger partial charge >= 0.3 is 0 Å². The van der Waals surface area contributed by atoms with E-state index >= 15 is 0 Å². The van der Waals surface area contributed by atoms with Crippen molar-refractivity contribution in [3.8, 4) is 0 Å². The molecule has 96 valence electrons. The molecule has 4 nitrogen and oxygen atoms in total. The highest BCUT2D eigenvalue weighted by Crippen LogP contribution is 2.15. The second-order valence-electron chi connectivity index (χ2n) is 4.23. The summed E-state index contributed by atoms with van der Waals surface area (Å²) in [7, 11) is 0. The molecular formula is C14H13N3OS. The first-order valence-electron chi connectivity index (χ1n) is 6.07. The summed E-state index contributed by atoms with van der Waals surface area (Å²) >= 11 is 1.71. The Morgan fingerprint density at radius 1 is 1.32 bits per heavy atom. The van der Waals surface area contributed by atoms with Gasteiger partial charge in [0.2, 0.25) is 0 Å². The van der Waals surface area contributed by atoms with E-state index in [0.717, 1.165) is 17.3 Å². The average Bonchev–Trinajstić information content (AvgIpc) is 3.08. The molecule has 1 aromatic carbocycles. The Morgan fingerprint density at radius 2 is 2.26 bits per heavy atom. The van der Waals surface area contributed by atoms with Crippen LogP contribution < -0.4 is 5.32 Å². The number of carbonyl (C=O) groups is 1. The van der Waals surface area contributed by atoms with Gasteiger partial charge in [0.25, 0.3) is 5.91 Å². The normalized spacial score (nSPS) is 10.7. The summed E-state index contributed by atoms with van der Waals surface area (Å²) in [6.45, 7) is 0.643. The Hall–Kier alpha value is -2.14. The van der Waals surface area contributed by atoms with Gasteiger partial charge in [0, 0.05) is 16.8 Å². The van der Waals surface area contributed by atoms with Crippen molar-refractivity contribution in [2.45, 2.75) is 6.42 Å². The molecule has 0 unspecified atom stereocenters. The van der Waals surface area contributed by atoms with Crippen molar-refractivity contribution < 1.29 is 4.79 Å². The lowest BCUT2D eigenvalue weighted by Crippen LogP contribution is -2.25. The predicted molar refractivity (Wildman–Crippen MR) is 76.4 cm³/mol. The number of H-pyrrole nitrogens is 1. The number of para-hydroxylation sites is 1. The summed E-state index contributed by atoms with van der Waals surface area (Å²) < 4.78 is 0. The van der Waals surface area contributed by atoms with Crippen LogP contribution in [0.1, 0.15) is 15.2 Å². The van der Waals surface area contributed by atoms with E-state index < -0.39 is 0 Å². The maximum atomic E-state index is 12.1. The highest BCUT2D eigenvalue weighted by Gasteiger charge is 2.10. The summed E-state index contributed by atoms with van der Waals surface area (Å²) in [6, 6.07) is 9.70. The molecule has 2 aromatic heterocycles. The number of nitrogens with one attached hydrogen (secondary N) is 2. The molecule has 0 aliphatic heterocycles. The zero-order chi connectivity index (χ0) is 13.1. The number of hydrogen-bond donors (Lipinski definition) is 2. The molecule has 0 aliphatic rings. The molecule has 0 saturated heterocycles. The SMILES string of the molecule is O=C(NCCc1cccs1)c1cccc2cn[nH]c12. The van der Waals surface area contributed by atoms with Crippen LogP contribution >= 0.6 is 11.3 Å². The molecule has 0 saturated carbocycles. The van der Waals surface area contributed by atoms with Gasteiger partial charge in [-0.2, -0.15) is 5.10 Å². The maximum absolute atomic E-state index is 12.1. The summed E-state index contributed by atoms with van der Waals surface area (Å²) in [5.74, 6) is -0.0635. The highest BCUT2D eigenvalue weighted by atomic mass is 32.1. The summed E-state index contributed by atoms with van der Waals surface area (Å²) in [5.41, 5.74) is 1.43. The standard InChI is InChI=1S/C14H13N3OS/c18-14(15-7-6-11-4-2-8-19-11)12-5-1-3-10-9-16-17-13(10)12/h1-5,8-9H,6-7H2,(H,15,18)(H,16,17). The van der Waals surface area contributed by atoms with Crippen LogP contribution in [0.4, 0.5) is 0 Å². The number of benzene rings is 1. The fraction of sp³-hybridized carbons (Fsp3) is 0.143. The third-order valence-electron chi connectivity index (χ3n) is 2.96. The molecule has 2 N–H and O–H groups in total. The molecule has 0 aliphatic carbocycles. The smallest absolute Gasteiger partial charge is 0.253 e. The Kier molecular flexibility index (Phi) is 3.29. The Bertz CT molecular complexity index is 688. The van der Waals surface area contributed by atoms with Crippen molar-refractivity contribution in [2.75, 3.05) is 6.54 Å². The minimum atomic E-state index is -0.0635. The van der Waals surface area contributed by atoms with Crippen LogP contribution in [0.5, 0.6) is 0 Å². The van der Waals surface area contributed by atoms with Crippen LogP contribution in [0.15, 0.2) is 41.9 Å². The van der Waals surface area contributed by atoms with Gasteiger partial charge in [-0.15, -0.1) is 11.3 Å². The third kappa shape index (κ3) is 2.51. The van der Waals surface area contributed by atoms with Gasteiger partial charge in [-0.25, -0.2) is 0 Å². The second kappa shape index (κ2) is 5.24. The van der Waals surface area contributed by atoms with Crippen molar-refractivity contribution in [1.29, 1.82) is 0 Å². The molecule has 0 atom stereocenters. The first-order chi connectivity index (χ1) is 9.34. The molecule has 19 heavy (non-hydrogen) atoms. The fourth-order valence-corrected chi connectivity index (χ4v) is 2.72. The van der Waals surface area contributed by atoms with Crippen LogP contribution in [0.25, 0.3) is 10.9 Å². The Balaban J connectivity index is 1.68. The van der Waals surface area contributed by atoms with Gasteiger partial charge < -0.3 is 5.32 Å². The van der Waals surface area contributed by atoms with E-state index in [1.807, 2.05) is 23.6 Å². The number of hydrogen-bond acceptors (Lipinski definition) is 3. The van der Waals surface area contributed by atoms with Gasteiger partial charge in [0.05, 0.1) is 17.3 Å². The van der Waals surface area contributed by atoms with Gasteiger partial charge in [0.15, 0.2) is 0 Å². The minimum absolute atomic E-state index is 0.0635. The van der Waals surface area contributed by atoms with Crippen molar-refractivity contribution in [1.82, 2.24) is 15.5 Å². The number of amides is 1. The van der Waals surface area contributed by atoms with Crippen LogP contribution in [-0.2, 0) is 6.42 Å². The van der Waals surface area contributed by atoms with Crippen LogP contribution in [0, 0.1) is 0 Å². The molecular weight excluding hydrogens is 258 g/mol. The number of fused-ring (bicyclic) bond motifs is 1. The predicted octanol–water partition coefficient (Wildman–Crippen LogP) is 2.60. The monoisotopic (exact) mass is 271 g/mol. The van der Waals surface area contributed by atoms with Crippen molar-refractivity contribution in [2.24, 2.45) is 0 Å². The number of aromatic amines is 1. The lowest BCUT2D eigenvalue weighted by atomic mass is 10.1. The van der Waals surface area contributed by atoms with E-state index in [9.17, 15) is 4.79 Å². The molecule has 3 rings (SSSR count). The van der Waals surface area contributed by atoms with Gasteiger partial charge in [-0.1, -0.05) is 18.2 Å². The number of nitrogens with zero attached hydrogens (tertiary/aromatic N) is 1. The molecule has 2 heterocycles. The molecule has 0 fully saturated rings. The second-order valence-corrected chi connectivity index (χ2v) is 5.26. The molecule has 3 aromatic rings. The van der Waals surface area contributed by atoms with Crippen LogP contribution in [-0.4, -0.2) is 22.6 Å². The highest BCUT2D eigenvalue weighted by molar-refractivity contribution is 7.09. The Labute approximate surface area is 114 Å². The molecule has 0 radical (unpaired) electrons. The first kappa shape index (κ1) is 11.9. The van der Waals surface area contributed by atoms with Gasteiger partial charge in [0.1, 0.15) is 0 Å². The molecule has 0 spiro atoms. The van der Waals surface area contributed by atoms with Crippen LogP contribution in [0.3, 0.4) is 0 Å². The van der Waals surface area contributed by atoms with Crippen LogP contribution in [0.2, 0.25) is 0 Å². The van der Waals surface area contributed by atoms with Crippen molar-refractivity contribution in [3.05, 3.63) is 52.3 Å². The molecule has 5 heteroatoms. The quantitative estimate of drug-likeness (QED) is 0.766. The van der Waals surface area contributed by atoms with Crippen molar-refractivity contribution >= 4 is 28.1 Å². The fourth-order valence-electron chi connectivity index (χ4n) is 2.01. The average molecular weight is 271 g/mol. The zero-order valence-electron chi connectivity index (χ0n) is 10.2. The summed E-state index contributed by atoms with van der Waals surface area (Å²) in [6.07, 6.45) is 2.58. The van der Waals surface area contributed by atoms with Gasteiger partial charge in [-0.05, 0) is 23.9 Å². The zero-order valence-corrected chi connectivity index (χ0v) is 11.0. The third-order valence-corrected chi connectivity index (χ3v) is 3.89. The summed E-state index contributed by atoms with van der Waals surface area (Å²) in [4.78, 5) is 13.4. The van der Waals surface area contributed by atoms with E-state index in [2.05, 4.69) is 21.6 Å². The number of carbonyl (C=O) groups excluding carboxylic acids is 1. The Morgan fingerprint density at radius 3 is 3.11 bits per heavy atom. The number of aromatic nitrogens is 2. The lowest BCUT2D eigenvalue weighted by molar-refractivity contribution is 0.0955. The lowest BCUT2D eigenvalue weighted by Gasteiger charge is -2.05. The topological polar surface area (TPSA) is 57.8 Å².